The third kappa shape index (κ3) is 7.08. The van der Waals surface area contributed by atoms with E-state index >= 15 is 0 Å². The predicted octanol–water partition coefficient (Wildman–Crippen LogP) is 1.59. The van der Waals surface area contributed by atoms with Gasteiger partial charge in [-0.2, -0.15) is 0 Å². The molecule has 6 nitrogen and oxygen atoms in total. The number of carbonyl (C=O) groups excluding carboxylic acids is 1. The number of amides is 1. The fraction of sp³-hybridized carbons (Fsp3) is 0.533. The van der Waals surface area contributed by atoms with Crippen LogP contribution in [-0.2, 0) is 19.0 Å². The number of hydrogen-bond donors (Lipinski definition) is 2. The van der Waals surface area contributed by atoms with Gasteiger partial charge in [-0.15, -0.1) is 0 Å². The molecular weight excluding hydrogens is 272 g/mol. The van der Waals surface area contributed by atoms with E-state index in [0.717, 1.165) is 12.0 Å². The van der Waals surface area contributed by atoms with Gasteiger partial charge in [0.1, 0.15) is 6.61 Å². The van der Waals surface area contributed by atoms with Crippen molar-refractivity contribution in [3.8, 4) is 0 Å². The van der Waals surface area contributed by atoms with Crippen molar-refractivity contribution >= 4 is 17.3 Å². The topological polar surface area (TPSA) is 82.8 Å². The smallest absolute Gasteiger partial charge is 0.250 e. The van der Waals surface area contributed by atoms with Crippen LogP contribution in [0.3, 0.4) is 0 Å². The molecule has 0 atom stereocenters. The lowest BCUT2D eigenvalue weighted by Gasteiger charge is -2.10. The van der Waals surface area contributed by atoms with Crippen LogP contribution in [0, 0.1) is 6.92 Å². The molecule has 21 heavy (non-hydrogen) atoms. The maximum Gasteiger partial charge on any atom is 0.250 e. The molecule has 1 aromatic carbocycles. The zero-order chi connectivity index (χ0) is 15.5. The molecule has 0 saturated carbocycles. The molecule has 0 bridgehead atoms. The van der Waals surface area contributed by atoms with Crippen molar-refractivity contribution in [2.45, 2.75) is 13.3 Å². The first-order chi connectivity index (χ1) is 10.1. The van der Waals surface area contributed by atoms with Crippen molar-refractivity contribution in [1.82, 2.24) is 0 Å². The van der Waals surface area contributed by atoms with Gasteiger partial charge in [0.2, 0.25) is 5.91 Å². The average molecular weight is 296 g/mol. The summed E-state index contributed by atoms with van der Waals surface area (Å²) in [4.78, 5) is 11.7. The molecule has 1 aromatic rings. The van der Waals surface area contributed by atoms with Gasteiger partial charge in [0.15, 0.2) is 0 Å². The SMILES string of the molecule is COCCOCCCOCC(=O)Nc1cccc(N)c1C. The second-order valence-corrected chi connectivity index (χ2v) is 4.58. The van der Waals surface area contributed by atoms with E-state index in [1.54, 1.807) is 19.2 Å². The van der Waals surface area contributed by atoms with Crippen molar-refractivity contribution in [3.05, 3.63) is 23.8 Å². The Kier molecular flexibility index (Phi) is 8.42. The zero-order valence-electron chi connectivity index (χ0n) is 12.7. The Hall–Kier alpha value is -1.63. The fourth-order valence-corrected chi connectivity index (χ4v) is 1.65. The monoisotopic (exact) mass is 296 g/mol. The van der Waals surface area contributed by atoms with Gasteiger partial charge in [-0.1, -0.05) is 6.07 Å². The molecule has 0 fully saturated rings. The molecular formula is C15H24N2O4. The van der Waals surface area contributed by atoms with Crippen LogP contribution in [0.4, 0.5) is 11.4 Å². The molecule has 0 aliphatic heterocycles. The first-order valence-corrected chi connectivity index (χ1v) is 6.94. The van der Waals surface area contributed by atoms with Crippen molar-refractivity contribution in [1.29, 1.82) is 0 Å². The van der Waals surface area contributed by atoms with Crippen LogP contribution in [0.1, 0.15) is 12.0 Å². The molecule has 3 N–H and O–H groups in total. The maximum atomic E-state index is 11.7. The first kappa shape index (κ1) is 17.4. The minimum absolute atomic E-state index is 0.0201. The number of rotatable bonds is 10. The Bertz CT molecular complexity index is 438. The van der Waals surface area contributed by atoms with Gasteiger partial charge in [0, 0.05) is 31.7 Å². The van der Waals surface area contributed by atoms with Crippen molar-refractivity contribution in [2.24, 2.45) is 0 Å². The molecule has 1 rings (SSSR count). The largest absolute Gasteiger partial charge is 0.398 e. The Morgan fingerprint density at radius 3 is 2.71 bits per heavy atom. The van der Waals surface area contributed by atoms with E-state index in [4.69, 9.17) is 19.9 Å². The lowest BCUT2D eigenvalue weighted by molar-refractivity contribution is -0.120. The summed E-state index contributed by atoms with van der Waals surface area (Å²) in [6, 6.07) is 5.41. The Morgan fingerprint density at radius 1 is 1.19 bits per heavy atom. The number of benzene rings is 1. The Balaban J connectivity index is 2.13. The summed E-state index contributed by atoms with van der Waals surface area (Å²) >= 11 is 0. The summed E-state index contributed by atoms with van der Waals surface area (Å²) in [6.45, 7) is 4.12. The molecule has 0 radical (unpaired) electrons. The highest BCUT2D eigenvalue weighted by Crippen LogP contribution is 2.20. The number of nitrogen functional groups attached to an aromatic ring is 1. The van der Waals surface area contributed by atoms with E-state index in [1.165, 1.54) is 0 Å². The van der Waals surface area contributed by atoms with Gasteiger partial charge in [-0.25, -0.2) is 0 Å². The quantitative estimate of drug-likeness (QED) is 0.506. The van der Waals surface area contributed by atoms with Crippen LogP contribution in [0.15, 0.2) is 18.2 Å². The number of anilines is 2. The number of carbonyl (C=O) groups is 1. The third-order valence-corrected chi connectivity index (χ3v) is 2.89. The van der Waals surface area contributed by atoms with Gasteiger partial charge in [0.05, 0.1) is 13.2 Å². The van der Waals surface area contributed by atoms with Crippen LogP contribution in [0.25, 0.3) is 0 Å². The van der Waals surface area contributed by atoms with Crippen molar-refractivity contribution < 1.29 is 19.0 Å². The minimum atomic E-state index is -0.191. The van der Waals surface area contributed by atoms with Crippen LogP contribution in [0.5, 0.6) is 0 Å². The minimum Gasteiger partial charge on any atom is -0.398 e. The first-order valence-electron chi connectivity index (χ1n) is 6.94. The van der Waals surface area contributed by atoms with Crippen LogP contribution >= 0.6 is 0 Å². The summed E-state index contributed by atoms with van der Waals surface area (Å²) in [5.74, 6) is -0.191. The second kappa shape index (κ2) is 10.1. The molecule has 0 unspecified atom stereocenters. The van der Waals surface area contributed by atoms with E-state index in [-0.39, 0.29) is 12.5 Å². The number of nitrogens with one attached hydrogen (secondary N) is 1. The van der Waals surface area contributed by atoms with Gasteiger partial charge >= 0.3 is 0 Å². The van der Waals surface area contributed by atoms with Gasteiger partial charge < -0.3 is 25.3 Å². The van der Waals surface area contributed by atoms with E-state index < -0.39 is 0 Å². The maximum absolute atomic E-state index is 11.7. The highest BCUT2D eigenvalue weighted by Gasteiger charge is 2.06. The normalized spacial score (nSPS) is 10.6. The summed E-state index contributed by atoms with van der Waals surface area (Å²) in [7, 11) is 1.63. The summed E-state index contributed by atoms with van der Waals surface area (Å²) in [5, 5.41) is 2.78. The highest BCUT2D eigenvalue weighted by molar-refractivity contribution is 5.93. The molecule has 0 spiro atoms. The molecule has 0 aliphatic carbocycles. The summed E-state index contributed by atoms with van der Waals surface area (Å²) < 4.78 is 15.4. The number of methoxy groups -OCH3 is 1. The molecule has 118 valence electrons. The lowest BCUT2D eigenvalue weighted by Crippen LogP contribution is -2.19. The van der Waals surface area contributed by atoms with E-state index in [9.17, 15) is 4.79 Å². The Labute approximate surface area is 125 Å². The zero-order valence-corrected chi connectivity index (χ0v) is 12.7. The standard InChI is InChI=1S/C15H24N2O4/c1-12-13(16)5-3-6-14(12)17-15(18)11-21-8-4-7-20-10-9-19-2/h3,5-6H,4,7-11,16H2,1-2H3,(H,17,18). The molecule has 1 amide bonds. The van der Waals surface area contributed by atoms with Gasteiger partial charge in [-0.3, -0.25) is 4.79 Å². The average Bonchev–Trinajstić information content (AvgIpc) is 2.47. The van der Waals surface area contributed by atoms with Crippen LogP contribution in [0.2, 0.25) is 0 Å². The van der Waals surface area contributed by atoms with Crippen molar-refractivity contribution in [2.75, 3.05) is 51.2 Å². The highest BCUT2D eigenvalue weighted by atomic mass is 16.5. The van der Waals surface area contributed by atoms with Crippen LogP contribution < -0.4 is 11.1 Å². The third-order valence-electron chi connectivity index (χ3n) is 2.89. The van der Waals surface area contributed by atoms with Gasteiger partial charge in [0.25, 0.3) is 0 Å². The van der Waals surface area contributed by atoms with Crippen LogP contribution in [-0.4, -0.2) is 46.1 Å². The lowest BCUT2D eigenvalue weighted by atomic mass is 10.1. The molecule has 0 saturated heterocycles. The second-order valence-electron chi connectivity index (χ2n) is 4.58. The molecule has 0 aliphatic rings. The molecule has 6 heteroatoms. The number of ether oxygens (including phenoxy) is 3. The summed E-state index contributed by atoms with van der Waals surface area (Å²) in [6.07, 6.45) is 0.744. The number of hydrogen-bond acceptors (Lipinski definition) is 5. The van der Waals surface area contributed by atoms with Gasteiger partial charge in [-0.05, 0) is 31.0 Å². The number of nitrogens with two attached hydrogens (primary N) is 1. The Morgan fingerprint density at radius 2 is 1.95 bits per heavy atom. The van der Waals surface area contributed by atoms with E-state index in [2.05, 4.69) is 5.32 Å². The fourth-order valence-electron chi connectivity index (χ4n) is 1.65. The molecule has 0 heterocycles. The van der Waals surface area contributed by atoms with Crippen molar-refractivity contribution in [3.63, 3.8) is 0 Å². The molecule has 0 aromatic heterocycles. The van der Waals surface area contributed by atoms with E-state index in [1.807, 2.05) is 13.0 Å². The summed E-state index contributed by atoms with van der Waals surface area (Å²) in [5.41, 5.74) is 8.01. The van der Waals surface area contributed by atoms with E-state index in [0.29, 0.717) is 37.8 Å². The predicted molar refractivity (Wildman–Crippen MR) is 82.4 cm³/mol.